The van der Waals surface area contributed by atoms with Crippen LogP contribution in [0.3, 0.4) is 0 Å². The van der Waals surface area contributed by atoms with Crippen LogP contribution in [-0.4, -0.2) is 11.7 Å². The fourth-order valence-corrected chi connectivity index (χ4v) is 4.20. The molecule has 0 saturated heterocycles. The van der Waals surface area contributed by atoms with Gasteiger partial charge in [-0.2, -0.15) is 0 Å². The second-order valence-electron chi connectivity index (χ2n) is 8.41. The van der Waals surface area contributed by atoms with E-state index in [2.05, 4.69) is 67.9 Å². The van der Waals surface area contributed by atoms with Crippen molar-refractivity contribution >= 4 is 27.6 Å². The lowest BCUT2D eigenvalue weighted by atomic mass is 9.63. The van der Waals surface area contributed by atoms with Crippen molar-refractivity contribution in [1.29, 1.82) is 0 Å². The summed E-state index contributed by atoms with van der Waals surface area (Å²) in [7, 11) is 0. The molecule has 0 heterocycles. The lowest BCUT2D eigenvalue weighted by Gasteiger charge is -2.42. The molecule has 1 aliphatic rings. The lowest BCUT2D eigenvalue weighted by Crippen LogP contribution is -2.33. The summed E-state index contributed by atoms with van der Waals surface area (Å²) in [6.45, 7) is 9.41. The van der Waals surface area contributed by atoms with Gasteiger partial charge in [0, 0.05) is 4.47 Å². The molecule has 1 aliphatic carbocycles. The smallest absolute Gasteiger partial charge is 0.0687 e. The molecule has 0 unspecified atom stereocenters. The van der Waals surface area contributed by atoms with Gasteiger partial charge in [0.1, 0.15) is 0 Å². The maximum absolute atomic E-state index is 9.87. The SMILES string of the molecule is CC1(C)CCC(C)(C)c2cc(C=C(CO)c3cccc(Br)c3)ccc21. The Hall–Kier alpha value is -1.38. The topological polar surface area (TPSA) is 20.2 Å². The van der Waals surface area contributed by atoms with Crippen molar-refractivity contribution in [3.05, 3.63) is 69.2 Å². The molecule has 1 nitrogen and oxygen atoms in total. The van der Waals surface area contributed by atoms with Crippen molar-refractivity contribution in [3.63, 3.8) is 0 Å². The number of aliphatic hydroxyl groups is 1. The first kappa shape index (κ1) is 18.4. The molecule has 1 N–H and O–H groups in total. The second-order valence-corrected chi connectivity index (χ2v) is 9.33. The molecule has 2 heteroatoms. The average molecular weight is 399 g/mol. The van der Waals surface area contributed by atoms with Crippen LogP contribution in [0.25, 0.3) is 11.6 Å². The highest BCUT2D eigenvalue weighted by atomic mass is 79.9. The molecule has 0 saturated carbocycles. The molecule has 3 rings (SSSR count). The molecule has 0 aromatic heterocycles. The summed E-state index contributed by atoms with van der Waals surface area (Å²) < 4.78 is 1.03. The van der Waals surface area contributed by atoms with Crippen LogP contribution in [0.2, 0.25) is 0 Å². The van der Waals surface area contributed by atoms with Crippen LogP contribution < -0.4 is 0 Å². The fraction of sp³-hybridized carbons (Fsp3) is 0.391. The summed E-state index contributed by atoms with van der Waals surface area (Å²) >= 11 is 3.51. The van der Waals surface area contributed by atoms with E-state index in [9.17, 15) is 5.11 Å². The van der Waals surface area contributed by atoms with Gasteiger partial charge in [-0.15, -0.1) is 0 Å². The zero-order valence-electron chi connectivity index (χ0n) is 15.6. The number of hydrogen-bond donors (Lipinski definition) is 1. The first-order valence-corrected chi connectivity index (χ1v) is 9.75. The van der Waals surface area contributed by atoms with E-state index < -0.39 is 0 Å². The van der Waals surface area contributed by atoms with E-state index in [0.717, 1.165) is 21.2 Å². The van der Waals surface area contributed by atoms with E-state index in [4.69, 9.17) is 0 Å². The average Bonchev–Trinajstić information content (AvgIpc) is 2.57. The van der Waals surface area contributed by atoms with Crippen molar-refractivity contribution < 1.29 is 5.11 Å². The molecule has 0 aliphatic heterocycles. The fourth-order valence-electron chi connectivity index (χ4n) is 3.81. The minimum atomic E-state index is 0.0302. The zero-order chi connectivity index (χ0) is 18.2. The summed E-state index contributed by atoms with van der Waals surface area (Å²) in [5.74, 6) is 0. The molecule has 25 heavy (non-hydrogen) atoms. The summed E-state index contributed by atoms with van der Waals surface area (Å²) in [5, 5.41) is 9.87. The van der Waals surface area contributed by atoms with Crippen molar-refractivity contribution in [3.8, 4) is 0 Å². The molecular weight excluding hydrogens is 372 g/mol. The Morgan fingerprint density at radius 2 is 1.68 bits per heavy atom. The van der Waals surface area contributed by atoms with Gasteiger partial charge in [-0.3, -0.25) is 0 Å². The van der Waals surface area contributed by atoms with E-state index in [1.165, 1.54) is 24.0 Å². The van der Waals surface area contributed by atoms with E-state index in [-0.39, 0.29) is 17.4 Å². The minimum absolute atomic E-state index is 0.0302. The van der Waals surface area contributed by atoms with Crippen molar-refractivity contribution in [2.24, 2.45) is 0 Å². The zero-order valence-corrected chi connectivity index (χ0v) is 17.2. The molecule has 132 valence electrons. The van der Waals surface area contributed by atoms with Gasteiger partial charge in [0.25, 0.3) is 0 Å². The van der Waals surface area contributed by atoms with Gasteiger partial charge in [0.05, 0.1) is 6.61 Å². The molecule has 0 amide bonds. The summed E-state index contributed by atoms with van der Waals surface area (Å²) in [5.41, 5.74) is 6.50. The van der Waals surface area contributed by atoms with E-state index in [0.29, 0.717) is 0 Å². The maximum atomic E-state index is 9.87. The Bertz CT molecular complexity index is 815. The van der Waals surface area contributed by atoms with Crippen LogP contribution in [-0.2, 0) is 10.8 Å². The van der Waals surface area contributed by atoms with Crippen molar-refractivity contribution in [1.82, 2.24) is 0 Å². The number of hydrogen-bond acceptors (Lipinski definition) is 1. The van der Waals surface area contributed by atoms with E-state index in [1.807, 2.05) is 24.3 Å². The third-order valence-electron chi connectivity index (χ3n) is 5.58. The highest BCUT2D eigenvalue weighted by Gasteiger charge is 2.36. The molecule has 0 radical (unpaired) electrons. The van der Waals surface area contributed by atoms with E-state index >= 15 is 0 Å². The predicted molar refractivity (Wildman–Crippen MR) is 111 cm³/mol. The quantitative estimate of drug-likeness (QED) is 0.598. The van der Waals surface area contributed by atoms with Gasteiger partial charge in [0.15, 0.2) is 0 Å². The first-order chi connectivity index (χ1) is 11.7. The van der Waals surface area contributed by atoms with Crippen LogP contribution in [0.1, 0.15) is 62.8 Å². The van der Waals surface area contributed by atoms with E-state index in [1.54, 1.807) is 0 Å². The second kappa shape index (κ2) is 6.74. The molecular formula is C23H27BrO. The Labute approximate surface area is 159 Å². The summed E-state index contributed by atoms with van der Waals surface area (Å²) in [4.78, 5) is 0. The van der Waals surface area contributed by atoms with Gasteiger partial charge >= 0.3 is 0 Å². The van der Waals surface area contributed by atoms with Gasteiger partial charge in [-0.1, -0.05) is 74.0 Å². The van der Waals surface area contributed by atoms with Crippen LogP contribution in [0.5, 0.6) is 0 Å². The van der Waals surface area contributed by atoms with Crippen LogP contribution in [0, 0.1) is 0 Å². The van der Waals surface area contributed by atoms with Crippen LogP contribution in [0.4, 0.5) is 0 Å². The maximum Gasteiger partial charge on any atom is 0.0687 e. The van der Waals surface area contributed by atoms with Crippen LogP contribution >= 0.6 is 15.9 Å². The van der Waals surface area contributed by atoms with Gasteiger partial charge in [-0.05, 0) is 69.7 Å². The standard InChI is InChI=1S/C23H27BrO/c1-22(2)10-11-23(3,4)21-13-16(8-9-20(21)22)12-18(15-25)17-6-5-7-19(24)14-17/h5-9,12-14,25H,10-11,15H2,1-4H3. The molecule has 0 atom stereocenters. The first-order valence-electron chi connectivity index (χ1n) is 8.95. The molecule has 2 aromatic rings. The predicted octanol–water partition coefficient (Wildman–Crippen LogP) is 6.33. The number of fused-ring (bicyclic) bond motifs is 1. The number of aliphatic hydroxyl groups excluding tert-OH is 1. The van der Waals surface area contributed by atoms with Crippen LogP contribution in [0.15, 0.2) is 46.9 Å². The Morgan fingerprint density at radius 3 is 2.32 bits per heavy atom. The molecule has 2 aromatic carbocycles. The Balaban J connectivity index is 2.07. The monoisotopic (exact) mass is 398 g/mol. The highest BCUT2D eigenvalue weighted by molar-refractivity contribution is 9.10. The largest absolute Gasteiger partial charge is 0.392 e. The van der Waals surface area contributed by atoms with Gasteiger partial charge in [0.2, 0.25) is 0 Å². The van der Waals surface area contributed by atoms with Crippen molar-refractivity contribution in [2.75, 3.05) is 6.61 Å². The molecule has 0 bridgehead atoms. The number of halogens is 1. The third kappa shape index (κ3) is 3.75. The minimum Gasteiger partial charge on any atom is -0.392 e. The van der Waals surface area contributed by atoms with Gasteiger partial charge < -0.3 is 5.11 Å². The highest BCUT2D eigenvalue weighted by Crippen LogP contribution is 2.46. The molecule has 0 spiro atoms. The number of rotatable bonds is 3. The third-order valence-corrected chi connectivity index (χ3v) is 6.08. The molecule has 0 fully saturated rings. The normalized spacial score (nSPS) is 18.7. The Kier molecular flexibility index (Phi) is 4.96. The number of benzene rings is 2. The Morgan fingerprint density at radius 1 is 1.00 bits per heavy atom. The van der Waals surface area contributed by atoms with Gasteiger partial charge in [-0.25, -0.2) is 0 Å². The lowest BCUT2D eigenvalue weighted by molar-refractivity contribution is 0.332. The summed E-state index contributed by atoms with van der Waals surface area (Å²) in [6, 6.07) is 14.9. The van der Waals surface area contributed by atoms with Crippen molar-refractivity contribution in [2.45, 2.75) is 51.4 Å². The summed E-state index contributed by atoms with van der Waals surface area (Å²) in [6.07, 6.45) is 4.54.